The molecule has 2 N–H and O–H groups in total. The molecule has 33 heavy (non-hydrogen) atoms. The third-order valence-corrected chi connectivity index (χ3v) is 6.11. The van der Waals surface area contributed by atoms with Crippen LogP contribution in [0.5, 0.6) is 0 Å². The summed E-state index contributed by atoms with van der Waals surface area (Å²) in [5.41, 5.74) is 5.59. The van der Waals surface area contributed by atoms with Crippen molar-refractivity contribution in [2.24, 2.45) is 0 Å². The van der Waals surface area contributed by atoms with Crippen LogP contribution in [0.25, 0.3) is 11.4 Å². The van der Waals surface area contributed by atoms with E-state index in [1.807, 2.05) is 11.8 Å². The Morgan fingerprint density at radius 1 is 1.18 bits per heavy atom. The Labute approximate surface area is 192 Å². The van der Waals surface area contributed by atoms with Gasteiger partial charge in [-0.3, -0.25) is 0 Å². The molecule has 180 valence electrons. The smallest absolute Gasteiger partial charge is 0.264 e. The van der Waals surface area contributed by atoms with Crippen LogP contribution in [0.3, 0.4) is 0 Å². The number of piperidine rings is 1. The van der Waals surface area contributed by atoms with Crippen molar-refractivity contribution in [1.82, 2.24) is 19.9 Å². The van der Waals surface area contributed by atoms with Gasteiger partial charge in [0.2, 0.25) is 11.9 Å². The quantitative estimate of drug-likeness (QED) is 0.663. The lowest BCUT2D eigenvalue weighted by molar-refractivity contribution is 0.118. The minimum atomic E-state index is -2.74. The van der Waals surface area contributed by atoms with E-state index in [1.165, 1.54) is 12.3 Å². The van der Waals surface area contributed by atoms with Crippen molar-refractivity contribution >= 4 is 17.7 Å². The predicted octanol–water partition coefficient (Wildman–Crippen LogP) is 3.07. The first kappa shape index (κ1) is 23.5. The van der Waals surface area contributed by atoms with E-state index < -0.39 is 6.43 Å². The summed E-state index contributed by atoms with van der Waals surface area (Å²) in [6.45, 7) is 7.60. The fourth-order valence-electron chi connectivity index (χ4n) is 4.41. The van der Waals surface area contributed by atoms with Gasteiger partial charge < -0.3 is 25.0 Å². The second kappa shape index (κ2) is 10.5. The van der Waals surface area contributed by atoms with E-state index in [0.717, 1.165) is 19.3 Å². The summed E-state index contributed by atoms with van der Waals surface area (Å²) in [4.78, 5) is 22.2. The molecule has 9 nitrogen and oxygen atoms in total. The Morgan fingerprint density at radius 2 is 1.94 bits per heavy atom. The third-order valence-electron chi connectivity index (χ3n) is 6.11. The number of anilines is 3. The third kappa shape index (κ3) is 5.30. The van der Waals surface area contributed by atoms with Gasteiger partial charge in [0.25, 0.3) is 6.43 Å². The number of pyridine rings is 1. The SMILES string of the molecule is CCOCC1CCCC(C)N1c1nc(-c2cnc(N)cc2C(F)F)nc(N2CCOCC2)n1. The van der Waals surface area contributed by atoms with Gasteiger partial charge in [-0.25, -0.2) is 13.8 Å². The molecule has 0 aromatic carbocycles. The average molecular weight is 464 g/mol. The number of hydrogen-bond donors (Lipinski definition) is 1. The van der Waals surface area contributed by atoms with Gasteiger partial charge in [-0.2, -0.15) is 15.0 Å². The van der Waals surface area contributed by atoms with Crippen LogP contribution in [-0.4, -0.2) is 71.5 Å². The summed E-state index contributed by atoms with van der Waals surface area (Å²) in [6, 6.07) is 1.45. The maximum Gasteiger partial charge on any atom is 0.264 e. The molecular formula is C22H31F2N7O2. The van der Waals surface area contributed by atoms with Gasteiger partial charge in [-0.1, -0.05) is 0 Å². The molecule has 2 aliphatic heterocycles. The van der Waals surface area contributed by atoms with E-state index in [9.17, 15) is 8.78 Å². The number of nitrogen functional groups attached to an aromatic ring is 1. The van der Waals surface area contributed by atoms with E-state index in [4.69, 9.17) is 20.2 Å². The first-order valence-electron chi connectivity index (χ1n) is 11.5. The van der Waals surface area contributed by atoms with Crippen molar-refractivity contribution in [2.45, 2.75) is 51.6 Å². The van der Waals surface area contributed by atoms with Crippen LogP contribution in [0.2, 0.25) is 0 Å². The molecule has 0 radical (unpaired) electrons. The fraction of sp³-hybridized carbons (Fsp3) is 0.636. The van der Waals surface area contributed by atoms with E-state index in [2.05, 4.69) is 26.8 Å². The zero-order chi connectivity index (χ0) is 23.4. The average Bonchev–Trinajstić information content (AvgIpc) is 2.83. The summed E-state index contributed by atoms with van der Waals surface area (Å²) in [7, 11) is 0. The van der Waals surface area contributed by atoms with Crippen molar-refractivity contribution in [3.05, 3.63) is 17.8 Å². The summed E-state index contributed by atoms with van der Waals surface area (Å²) >= 11 is 0. The normalized spacial score (nSPS) is 21.6. The minimum Gasteiger partial charge on any atom is -0.384 e. The lowest BCUT2D eigenvalue weighted by Gasteiger charge is -2.41. The molecule has 0 spiro atoms. The Bertz CT molecular complexity index is 943. The van der Waals surface area contributed by atoms with Gasteiger partial charge in [-0.05, 0) is 39.2 Å². The van der Waals surface area contributed by atoms with Crippen LogP contribution in [0.4, 0.5) is 26.5 Å². The first-order valence-corrected chi connectivity index (χ1v) is 11.5. The van der Waals surface area contributed by atoms with Crippen LogP contribution in [0.1, 0.15) is 45.1 Å². The second-order valence-corrected chi connectivity index (χ2v) is 8.36. The molecule has 0 aliphatic carbocycles. The van der Waals surface area contributed by atoms with Gasteiger partial charge in [0.1, 0.15) is 5.82 Å². The molecule has 2 fully saturated rings. The molecule has 0 saturated carbocycles. The van der Waals surface area contributed by atoms with E-state index in [-0.39, 0.29) is 34.9 Å². The molecule has 2 aliphatic rings. The zero-order valence-electron chi connectivity index (χ0n) is 19.1. The summed E-state index contributed by atoms with van der Waals surface area (Å²) < 4.78 is 38.9. The van der Waals surface area contributed by atoms with Crippen LogP contribution >= 0.6 is 0 Å². The van der Waals surface area contributed by atoms with E-state index >= 15 is 0 Å². The van der Waals surface area contributed by atoms with Gasteiger partial charge >= 0.3 is 0 Å². The highest BCUT2D eigenvalue weighted by atomic mass is 19.3. The highest BCUT2D eigenvalue weighted by molar-refractivity contribution is 5.64. The summed E-state index contributed by atoms with van der Waals surface area (Å²) in [5.74, 6) is 1.11. The number of halogens is 2. The molecule has 4 rings (SSSR count). The lowest BCUT2D eigenvalue weighted by Crippen LogP contribution is -2.49. The van der Waals surface area contributed by atoms with Gasteiger partial charge in [0, 0.05) is 43.1 Å². The van der Waals surface area contributed by atoms with Crippen molar-refractivity contribution < 1.29 is 18.3 Å². The fourth-order valence-corrected chi connectivity index (χ4v) is 4.41. The number of aromatic nitrogens is 4. The van der Waals surface area contributed by atoms with E-state index in [1.54, 1.807) is 0 Å². The molecule has 2 saturated heterocycles. The molecule has 4 heterocycles. The number of hydrogen-bond acceptors (Lipinski definition) is 9. The largest absolute Gasteiger partial charge is 0.384 e. The number of morpholine rings is 1. The number of nitrogens with two attached hydrogens (primary N) is 1. The van der Waals surface area contributed by atoms with Gasteiger partial charge in [-0.15, -0.1) is 0 Å². The van der Waals surface area contributed by atoms with Crippen LogP contribution < -0.4 is 15.5 Å². The van der Waals surface area contributed by atoms with Crippen molar-refractivity contribution in [3.63, 3.8) is 0 Å². The maximum absolute atomic E-state index is 13.9. The topological polar surface area (TPSA) is 103 Å². The minimum absolute atomic E-state index is 0.0261. The monoisotopic (exact) mass is 463 g/mol. The van der Waals surface area contributed by atoms with Crippen LogP contribution in [-0.2, 0) is 9.47 Å². The summed E-state index contributed by atoms with van der Waals surface area (Å²) in [6.07, 6.45) is 1.60. The number of ether oxygens (including phenoxy) is 2. The van der Waals surface area contributed by atoms with Crippen molar-refractivity contribution in [2.75, 3.05) is 55.1 Å². The number of alkyl halides is 2. The second-order valence-electron chi connectivity index (χ2n) is 8.36. The van der Waals surface area contributed by atoms with E-state index in [0.29, 0.717) is 51.4 Å². The molecule has 2 atom stereocenters. The Balaban J connectivity index is 1.82. The van der Waals surface area contributed by atoms with Crippen LogP contribution in [0, 0.1) is 0 Å². The molecule has 0 bridgehead atoms. The Kier molecular flexibility index (Phi) is 7.49. The van der Waals surface area contributed by atoms with Crippen LogP contribution in [0.15, 0.2) is 12.3 Å². The molecule has 2 unspecified atom stereocenters. The maximum atomic E-state index is 13.9. The molecule has 0 amide bonds. The Hall–Kier alpha value is -2.66. The highest BCUT2D eigenvalue weighted by Crippen LogP contribution is 2.33. The molecule has 2 aromatic heterocycles. The summed E-state index contributed by atoms with van der Waals surface area (Å²) in [5, 5.41) is 0. The van der Waals surface area contributed by atoms with Gasteiger partial charge in [0.15, 0.2) is 5.82 Å². The predicted molar refractivity (Wildman–Crippen MR) is 122 cm³/mol. The Morgan fingerprint density at radius 3 is 2.67 bits per heavy atom. The lowest BCUT2D eigenvalue weighted by atomic mass is 9.97. The molecular weight excluding hydrogens is 432 g/mol. The first-order chi connectivity index (χ1) is 16.0. The highest BCUT2D eigenvalue weighted by Gasteiger charge is 2.32. The van der Waals surface area contributed by atoms with Crippen molar-refractivity contribution in [3.8, 4) is 11.4 Å². The molecule has 11 heteroatoms. The van der Waals surface area contributed by atoms with Gasteiger partial charge in [0.05, 0.1) is 25.9 Å². The zero-order valence-corrected chi connectivity index (χ0v) is 19.1. The molecule has 2 aromatic rings. The number of nitrogens with zero attached hydrogens (tertiary/aromatic N) is 6. The number of rotatable bonds is 7. The standard InChI is InChI=1S/C22H31F2N7O2/c1-3-32-13-15-6-4-5-14(2)31(15)22-28-20(17-12-26-18(25)11-16(17)19(23)24)27-21(29-22)30-7-9-33-10-8-30/h11-12,14-15,19H,3-10,13H2,1-2H3,(H2,25,26). The van der Waals surface area contributed by atoms with Crippen molar-refractivity contribution in [1.29, 1.82) is 0 Å².